The average molecular weight is 390 g/mol. The Labute approximate surface area is 173 Å². The molecule has 152 valence electrons. The van der Waals surface area contributed by atoms with E-state index in [0.29, 0.717) is 11.5 Å². The fourth-order valence-corrected chi connectivity index (χ4v) is 4.33. The number of allylic oxidation sites excluding steroid dienone is 1. The third-order valence-corrected chi connectivity index (χ3v) is 5.74. The third-order valence-electron chi connectivity index (χ3n) is 5.74. The van der Waals surface area contributed by atoms with Gasteiger partial charge in [-0.15, -0.1) is 0 Å². The summed E-state index contributed by atoms with van der Waals surface area (Å²) in [5, 5.41) is 14.1. The van der Waals surface area contributed by atoms with Gasteiger partial charge in [0.25, 0.3) is 5.91 Å². The molecule has 0 aromatic heterocycles. The Morgan fingerprint density at radius 2 is 1.79 bits per heavy atom. The summed E-state index contributed by atoms with van der Waals surface area (Å²) in [4.78, 5) is 12.7. The smallest absolute Gasteiger partial charge is 0.251 e. The summed E-state index contributed by atoms with van der Waals surface area (Å²) >= 11 is 0. The highest BCUT2D eigenvalue weighted by Crippen LogP contribution is 2.39. The van der Waals surface area contributed by atoms with Crippen LogP contribution < -0.4 is 10.6 Å². The van der Waals surface area contributed by atoms with Crippen LogP contribution in [0.1, 0.15) is 54.6 Å². The highest BCUT2D eigenvalue weighted by atomic mass is 16.1. The Kier molecular flexibility index (Phi) is 7.36. The Balaban J connectivity index is 0.00000117. The van der Waals surface area contributed by atoms with Gasteiger partial charge in [0.05, 0.1) is 0 Å². The van der Waals surface area contributed by atoms with Crippen LogP contribution in [-0.2, 0) is 0 Å². The maximum Gasteiger partial charge on any atom is 0.251 e. The number of fused-ring (bicyclic) bond motifs is 1. The van der Waals surface area contributed by atoms with Gasteiger partial charge in [0.2, 0.25) is 0 Å². The molecule has 2 aromatic carbocycles. The number of amides is 1. The number of rotatable bonds is 4. The molecule has 0 bridgehead atoms. The van der Waals surface area contributed by atoms with Gasteiger partial charge in [-0.25, -0.2) is 0 Å². The fraction of sp³-hybridized carbons (Fsp3) is 0.360. The summed E-state index contributed by atoms with van der Waals surface area (Å²) < 4.78 is 0. The molecule has 2 aliphatic rings. The molecule has 0 radical (unpaired) electrons. The first kappa shape index (κ1) is 21.0. The number of piperidine rings is 1. The minimum Gasteiger partial charge on any atom is -0.349 e. The van der Waals surface area contributed by atoms with E-state index in [4.69, 9.17) is 5.41 Å². The maximum absolute atomic E-state index is 12.7. The lowest BCUT2D eigenvalue weighted by Gasteiger charge is -2.39. The van der Waals surface area contributed by atoms with Crippen LogP contribution >= 0.6 is 0 Å². The summed E-state index contributed by atoms with van der Waals surface area (Å²) in [6, 6.07) is 18.0. The van der Waals surface area contributed by atoms with Crippen molar-refractivity contribution in [3.8, 4) is 0 Å². The lowest BCUT2D eigenvalue weighted by molar-refractivity contribution is 0.0920. The third kappa shape index (κ3) is 4.83. The number of carbonyl (C=O) groups is 1. The topological polar surface area (TPSA) is 65.0 Å². The molecular weight excluding hydrogens is 358 g/mol. The molecule has 0 spiro atoms. The number of hydrogen-bond donors (Lipinski definition) is 3. The first-order chi connectivity index (χ1) is 14.3. The minimum absolute atomic E-state index is 0.0235. The Bertz CT molecular complexity index is 855. The predicted molar refractivity (Wildman–Crippen MR) is 121 cm³/mol. The summed E-state index contributed by atoms with van der Waals surface area (Å²) in [7, 11) is 0. The highest BCUT2D eigenvalue weighted by molar-refractivity contribution is 5.95. The zero-order chi connectivity index (χ0) is 20.6. The number of nitrogens with one attached hydrogen (secondary N) is 3. The molecule has 4 rings (SSSR count). The number of hydrogen-bond acceptors (Lipinski definition) is 3. The van der Waals surface area contributed by atoms with E-state index in [9.17, 15) is 4.79 Å². The van der Waals surface area contributed by atoms with Crippen molar-refractivity contribution >= 4 is 17.7 Å². The van der Waals surface area contributed by atoms with Crippen LogP contribution in [0.15, 0.2) is 60.2 Å². The van der Waals surface area contributed by atoms with Crippen molar-refractivity contribution in [2.75, 3.05) is 13.1 Å². The van der Waals surface area contributed by atoms with Crippen molar-refractivity contribution in [1.82, 2.24) is 10.6 Å². The van der Waals surface area contributed by atoms with Crippen molar-refractivity contribution in [3.63, 3.8) is 0 Å². The average Bonchev–Trinajstić information content (AvgIpc) is 2.81. The quantitative estimate of drug-likeness (QED) is 0.666. The van der Waals surface area contributed by atoms with Gasteiger partial charge in [-0.05, 0) is 54.6 Å². The van der Waals surface area contributed by atoms with E-state index < -0.39 is 0 Å². The van der Waals surface area contributed by atoms with Crippen LogP contribution in [0, 0.1) is 11.3 Å². The molecule has 2 atom stereocenters. The molecular formula is C25H31N3O. The summed E-state index contributed by atoms with van der Waals surface area (Å²) in [6.45, 7) is 5.93. The van der Waals surface area contributed by atoms with E-state index in [1.165, 1.54) is 22.9 Å². The van der Waals surface area contributed by atoms with Crippen molar-refractivity contribution in [2.45, 2.75) is 39.2 Å². The van der Waals surface area contributed by atoms with Gasteiger partial charge < -0.3 is 16.0 Å². The molecule has 2 aromatic rings. The molecule has 1 heterocycles. The van der Waals surface area contributed by atoms with Gasteiger partial charge in [-0.2, -0.15) is 0 Å². The van der Waals surface area contributed by atoms with Crippen molar-refractivity contribution in [3.05, 3.63) is 76.9 Å². The van der Waals surface area contributed by atoms with Crippen LogP contribution in [0.25, 0.3) is 5.57 Å². The van der Waals surface area contributed by atoms with Crippen LogP contribution in [0.4, 0.5) is 0 Å². The Hall–Kier alpha value is -2.72. The zero-order valence-corrected chi connectivity index (χ0v) is 17.4. The molecule has 4 heteroatoms. The van der Waals surface area contributed by atoms with Gasteiger partial charge >= 0.3 is 0 Å². The summed E-state index contributed by atoms with van der Waals surface area (Å²) in [5.74, 6) is 0.331. The Morgan fingerprint density at radius 3 is 2.48 bits per heavy atom. The maximum atomic E-state index is 12.7. The first-order valence-corrected chi connectivity index (χ1v) is 10.7. The summed E-state index contributed by atoms with van der Waals surface area (Å²) in [6.07, 6.45) is 4.31. The monoisotopic (exact) mass is 389 g/mol. The number of carbonyl (C=O) groups excluding carboxylic acids is 1. The van der Waals surface area contributed by atoms with E-state index >= 15 is 0 Å². The molecule has 4 nitrogen and oxygen atoms in total. The van der Waals surface area contributed by atoms with E-state index in [0.717, 1.165) is 37.9 Å². The second-order valence-electron chi connectivity index (χ2n) is 7.32. The number of benzene rings is 2. The Morgan fingerprint density at radius 1 is 1.07 bits per heavy atom. The highest BCUT2D eigenvalue weighted by Gasteiger charge is 2.34. The molecule has 29 heavy (non-hydrogen) atoms. The largest absolute Gasteiger partial charge is 0.349 e. The second kappa shape index (κ2) is 10.2. The van der Waals surface area contributed by atoms with E-state index in [1.54, 1.807) is 12.1 Å². The second-order valence-corrected chi connectivity index (χ2v) is 7.32. The zero-order valence-electron chi connectivity index (χ0n) is 17.4. The first-order valence-electron chi connectivity index (χ1n) is 10.7. The van der Waals surface area contributed by atoms with Gasteiger partial charge in [-0.3, -0.25) is 4.79 Å². The van der Waals surface area contributed by atoms with E-state index in [2.05, 4.69) is 41.0 Å². The molecule has 1 amide bonds. The molecule has 2 unspecified atom stereocenters. The van der Waals surface area contributed by atoms with Crippen LogP contribution in [0.3, 0.4) is 0 Å². The van der Waals surface area contributed by atoms with Crippen molar-refractivity contribution < 1.29 is 4.79 Å². The van der Waals surface area contributed by atoms with Gasteiger partial charge in [-0.1, -0.05) is 61.9 Å². The standard InChI is InChI=1S/C23H25N3O.C2H6/c24-14-16-6-8-18(9-7-16)23(27)26-22-11-10-19(17-4-2-1-3-5-17)20-12-13-25-15-21(20)22;1-2/h1-9,14,21-22,24-25H,10-13,15H2,(H,26,27);1-2H3. The lowest BCUT2D eigenvalue weighted by atomic mass is 9.74. The van der Waals surface area contributed by atoms with Gasteiger partial charge in [0, 0.05) is 30.3 Å². The molecule has 1 saturated heterocycles. The van der Waals surface area contributed by atoms with E-state index in [1.807, 2.05) is 26.0 Å². The van der Waals surface area contributed by atoms with Crippen molar-refractivity contribution in [1.29, 1.82) is 5.41 Å². The van der Waals surface area contributed by atoms with Crippen LogP contribution in [0.5, 0.6) is 0 Å². The molecule has 1 aliphatic carbocycles. The minimum atomic E-state index is -0.0235. The van der Waals surface area contributed by atoms with Crippen LogP contribution in [-0.4, -0.2) is 31.3 Å². The lowest BCUT2D eigenvalue weighted by Crippen LogP contribution is -2.49. The summed E-state index contributed by atoms with van der Waals surface area (Å²) in [5.41, 5.74) is 5.77. The van der Waals surface area contributed by atoms with Gasteiger partial charge in [0.15, 0.2) is 0 Å². The van der Waals surface area contributed by atoms with Gasteiger partial charge in [0.1, 0.15) is 0 Å². The molecule has 3 N–H and O–H groups in total. The molecule has 1 fully saturated rings. The predicted octanol–water partition coefficient (Wildman–Crippen LogP) is 4.67. The fourth-order valence-electron chi connectivity index (χ4n) is 4.33. The van der Waals surface area contributed by atoms with Crippen LogP contribution in [0.2, 0.25) is 0 Å². The SMILES string of the molecule is CC.N=Cc1ccc(C(=O)NC2CCC(c3ccccc3)=C3CCNCC32)cc1. The van der Waals surface area contributed by atoms with Crippen molar-refractivity contribution in [2.24, 2.45) is 5.92 Å². The van der Waals surface area contributed by atoms with E-state index in [-0.39, 0.29) is 11.9 Å². The molecule has 1 aliphatic heterocycles. The normalized spacial score (nSPS) is 20.8. The molecule has 0 saturated carbocycles.